The molecule has 0 aromatic rings. The molecule has 3 heteroatoms. The molecule has 2 rings (SSSR count). The summed E-state index contributed by atoms with van der Waals surface area (Å²) in [4.78, 5) is 2.60. The molecule has 2 atom stereocenters. The third-order valence-corrected chi connectivity index (χ3v) is 3.83. The van der Waals surface area contributed by atoms with Crippen LogP contribution in [0.3, 0.4) is 0 Å². The Kier molecular flexibility index (Phi) is 4.42. The molecule has 2 aliphatic heterocycles. The van der Waals surface area contributed by atoms with Crippen molar-refractivity contribution in [2.45, 2.75) is 50.6 Å². The van der Waals surface area contributed by atoms with E-state index in [2.05, 4.69) is 10.2 Å². The van der Waals surface area contributed by atoms with E-state index in [1.165, 1.54) is 45.2 Å². The fraction of sp³-hybridized carbons (Fsp3) is 1.00. The van der Waals surface area contributed by atoms with Crippen LogP contribution in [0, 0.1) is 0 Å². The van der Waals surface area contributed by atoms with E-state index in [0.717, 1.165) is 25.0 Å². The second-order valence-corrected chi connectivity index (χ2v) is 4.88. The summed E-state index contributed by atoms with van der Waals surface area (Å²) >= 11 is 0. The van der Waals surface area contributed by atoms with Gasteiger partial charge in [-0.15, -0.1) is 0 Å². The molecule has 0 aromatic heterocycles. The Morgan fingerprint density at radius 1 is 1.20 bits per heavy atom. The van der Waals surface area contributed by atoms with Crippen molar-refractivity contribution in [3.05, 3.63) is 0 Å². The summed E-state index contributed by atoms with van der Waals surface area (Å²) in [6, 6.07) is 1.47. The Balaban J connectivity index is 1.86. The van der Waals surface area contributed by atoms with Crippen LogP contribution in [0.2, 0.25) is 0 Å². The molecule has 0 aliphatic carbocycles. The minimum Gasteiger partial charge on any atom is -0.396 e. The van der Waals surface area contributed by atoms with Gasteiger partial charge in [-0.2, -0.15) is 0 Å². The van der Waals surface area contributed by atoms with Gasteiger partial charge in [-0.25, -0.2) is 0 Å². The van der Waals surface area contributed by atoms with Crippen LogP contribution in [0.25, 0.3) is 0 Å². The first-order valence-electron chi connectivity index (χ1n) is 6.50. The first-order chi connectivity index (χ1) is 7.42. The summed E-state index contributed by atoms with van der Waals surface area (Å²) in [5.74, 6) is 0. The maximum absolute atomic E-state index is 8.91. The fourth-order valence-electron chi connectivity index (χ4n) is 3.06. The molecule has 0 bridgehead atoms. The molecule has 2 unspecified atom stereocenters. The van der Waals surface area contributed by atoms with Crippen molar-refractivity contribution in [3.8, 4) is 0 Å². The average Bonchev–Trinajstić information content (AvgIpc) is 2.80. The van der Waals surface area contributed by atoms with Gasteiger partial charge in [0.15, 0.2) is 0 Å². The number of nitrogens with one attached hydrogen (secondary N) is 1. The molecule has 2 aliphatic rings. The van der Waals surface area contributed by atoms with Crippen molar-refractivity contribution in [2.75, 3.05) is 26.2 Å². The Hall–Kier alpha value is -0.120. The fourth-order valence-corrected chi connectivity index (χ4v) is 3.06. The Morgan fingerprint density at radius 2 is 2.13 bits per heavy atom. The zero-order valence-electron chi connectivity index (χ0n) is 9.62. The molecule has 2 heterocycles. The number of piperidine rings is 1. The highest BCUT2D eigenvalue weighted by Crippen LogP contribution is 2.24. The molecule has 3 nitrogen and oxygen atoms in total. The predicted octanol–water partition coefficient (Wildman–Crippen LogP) is 0.975. The Labute approximate surface area is 92.8 Å². The molecule has 0 aromatic carbocycles. The standard InChI is InChI=1S/C12H24N2O/c15-10-4-9-14-8-2-1-6-12(14)11-5-3-7-13-11/h11-13,15H,1-10H2. The van der Waals surface area contributed by atoms with Gasteiger partial charge in [-0.1, -0.05) is 6.42 Å². The van der Waals surface area contributed by atoms with E-state index in [4.69, 9.17) is 5.11 Å². The normalized spacial score (nSPS) is 33.4. The average molecular weight is 212 g/mol. The number of likely N-dealkylation sites (tertiary alicyclic amines) is 1. The minimum absolute atomic E-state index is 0.335. The highest BCUT2D eigenvalue weighted by atomic mass is 16.3. The van der Waals surface area contributed by atoms with Crippen LogP contribution in [-0.4, -0.2) is 48.3 Å². The smallest absolute Gasteiger partial charge is 0.0443 e. The van der Waals surface area contributed by atoms with Crippen LogP contribution < -0.4 is 5.32 Å². The summed E-state index contributed by atoms with van der Waals surface area (Å²) in [6.07, 6.45) is 7.70. The van der Waals surface area contributed by atoms with Crippen LogP contribution in [0.5, 0.6) is 0 Å². The summed E-state index contributed by atoms with van der Waals surface area (Å²) in [5.41, 5.74) is 0. The van der Waals surface area contributed by atoms with E-state index in [9.17, 15) is 0 Å². The second kappa shape index (κ2) is 5.83. The molecule has 2 fully saturated rings. The number of hydrogen-bond donors (Lipinski definition) is 2. The van der Waals surface area contributed by atoms with Gasteiger partial charge in [0.1, 0.15) is 0 Å². The SMILES string of the molecule is OCCCN1CCCCC1C1CCCN1. The van der Waals surface area contributed by atoms with E-state index >= 15 is 0 Å². The van der Waals surface area contributed by atoms with Crippen LogP contribution in [0.1, 0.15) is 38.5 Å². The van der Waals surface area contributed by atoms with Gasteiger partial charge < -0.3 is 10.4 Å². The molecule has 0 amide bonds. The molecular weight excluding hydrogens is 188 g/mol. The number of hydrogen-bond acceptors (Lipinski definition) is 3. The van der Waals surface area contributed by atoms with E-state index in [1.54, 1.807) is 0 Å². The van der Waals surface area contributed by atoms with Crippen molar-refractivity contribution >= 4 is 0 Å². The third-order valence-electron chi connectivity index (χ3n) is 3.83. The molecule has 0 radical (unpaired) electrons. The van der Waals surface area contributed by atoms with Gasteiger partial charge in [-0.05, 0) is 45.2 Å². The number of rotatable bonds is 4. The van der Waals surface area contributed by atoms with E-state index in [0.29, 0.717) is 6.61 Å². The molecule has 15 heavy (non-hydrogen) atoms. The van der Waals surface area contributed by atoms with Crippen LogP contribution in [0.15, 0.2) is 0 Å². The summed E-state index contributed by atoms with van der Waals surface area (Å²) in [5, 5.41) is 12.5. The second-order valence-electron chi connectivity index (χ2n) is 4.88. The topological polar surface area (TPSA) is 35.5 Å². The van der Waals surface area contributed by atoms with Crippen LogP contribution >= 0.6 is 0 Å². The molecular formula is C12H24N2O. The molecule has 88 valence electrons. The summed E-state index contributed by atoms with van der Waals surface area (Å²) < 4.78 is 0. The van der Waals surface area contributed by atoms with Gasteiger partial charge in [0.05, 0.1) is 0 Å². The lowest BCUT2D eigenvalue weighted by atomic mass is 9.94. The molecule has 0 saturated carbocycles. The lowest BCUT2D eigenvalue weighted by Crippen LogP contribution is -2.50. The molecule has 2 N–H and O–H groups in total. The van der Waals surface area contributed by atoms with Crippen molar-refractivity contribution in [3.63, 3.8) is 0 Å². The Morgan fingerprint density at radius 3 is 2.87 bits per heavy atom. The molecule has 2 saturated heterocycles. The van der Waals surface area contributed by atoms with Crippen LogP contribution in [-0.2, 0) is 0 Å². The van der Waals surface area contributed by atoms with Gasteiger partial charge in [0, 0.05) is 25.2 Å². The van der Waals surface area contributed by atoms with Crippen molar-refractivity contribution in [1.82, 2.24) is 10.2 Å². The van der Waals surface area contributed by atoms with Crippen molar-refractivity contribution < 1.29 is 5.11 Å². The number of aliphatic hydroxyl groups excluding tert-OH is 1. The van der Waals surface area contributed by atoms with E-state index in [1.807, 2.05) is 0 Å². The minimum atomic E-state index is 0.335. The number of aliphatic hydroxyl groups is 1. The first kappa shape index (κ1) is 11.4. The largest absolute Gasteiger partial charge is 0.396 e. The van der Waals surface area contributed by atoms with Crippen molar-refractivity contribution in [2.24, 2.45) is 0 Å². The third kappa shape index (κ3) is 2.92. The maximum atomic E-state index is 8.91. The van der Waals surface area contributed by atoms with Gasteiger partial charge in [-0.3, -0.25) is 4.90 Å². The molecule has 0 spiro atoms. The van der Waals surface area contributed by atoms with Crippen molar-refractivity contribution in [1.29, 1.82) is 0 Å². The lowest BCUT2D eigenvalue weighted by molar-refractivity contribution is 0.110. The monoisotopic (exact) mass is 212 g/mol. The van der Waals surface area contributed by atoms with E-state index in [-0.39, 0.29) is 0 Å². The maximum Gasteiger partial charge on any atom is 0.0443 e. The highest BCUT2D eigenvalue weighted by molar-refractivity contribution is 4.90. The van der Waals surface area contributed by atoms with E-state index < -0.39 is 0 Å². The summed E-state index contributed by atoms with van der Waals surface area (Å²) in [6.45, 7) is 3.86. The quantitative estimate of drug-likeness (QED) is 0.729. The van der Waals surface area contributed by atoms with Crippen LogP contribution in [0.4, 0.5) is 0 Å². The van der Waals surface area contributed by atoms with Gasteiger partial charge >= 0.3 is 0 Å². The van der Waals surface area contributed by atoms with Gasteiger partial charge in [0.25, 0.3) is 0 Å². The first-order valence-corrected chi connectivity index (χ1v) is 6.50. The lowest BCUT2D eigenvalue weighted by Gasteiger charge is -2.39. The highest BCUT2D eigenvalue weighted by Gasteiger charge is 2.30. The number of nitrogens with zero attached hydrogens (tertiary/aromatic N) is 1. The van der Waals surface area contributed by atoms with Gasteiger partial charge in [0.2, 0.25) is 0 Å². The zero-order chi connectivity index (χ0) is 10.5. The summed E-state index contributed by atoms with van der Waals surface area (Å²) in [7, 11) is 0. The Bertz CT molecular complexity index is 180. The predicted molar refractivity (Wildman–Crippen MR) is 61.9 cm³/mol. The zero-order valence-corrected chi connectivity index (χ0v) is 9.62.